The number of carbonyl (C=O) groups excluding carboxylic acids is 1. The fourth-order valence-electron chi connectivity index (χ4n) is 7.23. The highest BCUT2D eigenvalue weighted by Gasteiger charge is 2.69. The lowest BCUT2D eigenvalue weighted by atomic mass is 9.41. The van der Waals surface area contributed by atoms with Gasteiger partial charge in [-0.15, -0.1) is 0 Å². The van der Waals surface area contributed by atoms with E-state index in [1.165, 1.54) is 6.07 Å². The number of alkyl halides is 3. The number of hydrogen-bond donors (Lipinski definition) is 0. The zero-order valence-corrected chi connectivity index (χ0v) is 20.1. The molecule has 1 amide bonds. The molecule has 2 aromatic rings. The molecule has 0 unspecified atom stereocenters. The Morgan fingerprint density at radius 2 is 1.67 bits per heavy atom. The highest BCUT2D eigenvalue weighted by atomic mass is 19.3. The van der Waals surface area contributed by atoms with Crippen molar-refractivity contribution in [2.45, 2.75) is 88.1 Å². The first-order chi connectivity index (χ1) is 16.8. The lowest BCUT2D eigenvalue weighted by Crippen LogP contribution is -2.65. The summed E-state index contributed by atoms with van der Waals surface area (Å²) in [5, 5.41) is 3.88. The van der Waals surface area contributed by atoms with Crippen molar-refractivity contribution in [2.24, 2.45) is 10.8 Å². The zero-order chi connectivity index (χ0) is 25.6. The fraction of sp³-hybridized carbons (Fsp3) is 0.654. The third-order valence-corrected chi connectivity index (χ3v) is 9.29. The number of rotatable bonds is 7. The Morgan fingerprint density at radius 3 is 2.19 bits per heavy atom. The van der Waals surface area contributed by atoms with Gasteiger partial charge in [0.25, 0.3) is 5.89 Å². The number of amides is 1. The van der Waals surface area contributed by atoms with E-state index in [0.717, 1.165) is 19.1 Å². The van der Waals surface area contributed by atoms with Crippen molar-refractivity contribution in [3.05, 3.63) is 41.5 Å². The van der Waals surface area contributed by atoms with Crippen LogP contribution in [0.5, 0.6) is 0 Å². The smallest absolute Gasteiger partial charge is 0.322 e. The van der Waals surface area contributed by atoms with Crippen molar-refractivity contribution < 1.29 is 31.3 Å². The quantitative estimate of drug-likeness (QED) is 0.407. The van der Waals surface area contributed by atoms with Crippen LogP contribution in [0.15, 0.2) is 22.7 Å². The second-order valence-corrected chi connectivity index (χ2v) is 12.0. The number of fused-ring (bicyclic) bond motifs is 3. The van der Waals surface area contributed by atoms with Crippen LogP contribution >= 0.6 is 0 Å². The first kappa shape index (κ1) is 23.9. The summed E-state index contributed by atoms with van der Waals surface area (Å²) in [4.78, 5) is 19.1. The van der Waals surface area contributed by atoms with Gasteiger partial charge >= 0.3 is 5.92 Å². The maximum Gasteiger partial charge on any atom is 0.322 e. The Morgan fingerprint density at radius 1 is 1.03 bits per heavy atom. The molecule has 5 nitrogen and oxygen atoms in total. The second kappa shape index (κ2) is 7.51. The molecule has 0 radical (unpaired) electrons. The van der Waals surface area contributed by atoms with Crippen LogP contribution in [0.1, 0.15) is 82.8 Å². The number of anilines is 1. The summed E-state index contributed by atoms with van der Waals surface area (Å²) in [6, 6.07) is 3.47. The molecule has 6 aliphatic carbocycles. The predicted octanol–water partition coefficient (Wildman–Crippen LogP) is 6.37. The SMILES string of the molecule is CC(F)(F)c1nc(C23CCC(CN(C(=O)CC45CC(F)(C4)C5)c4ccc(F)c(F)c4)(CC2)CC3)no1. The molecular weight excluding hydrogens is 481 g/mol. The first-order valence-electron chi connectivity index (χ1n) is 12.5. The molecule has 0 atom stereocenters. The molecule has 1 heterocycles. The molecule has 10 heteroatoms. The molecule has 0 N–H and O–H groups in total. The largest absolute Gasteiger partial charge is 0.333 e. The Balaban J connectivity index is 1.21. The van der Waals surface area contributed by atoms with E-state index in [-0.39, 0.29) is 23.2 Å². The molecule has 6 aliphatic rings. The summed E-state index contributed by atoms with van der Waals surface area (Å²) >= 11 is 0. The van der Waals surface area contributed by atoms with Crippen LogP contribution in [0, 0.1) is 22.5 Å². The molecule has 0 spiro atoms. The van der Waals surface area contributed by atoms with Gasteiger partial charge in [0, 0.05) is 37.1 Å². The van der Waals surface area contributed by atoms with Crippen molar-refractivity contribution in [3.8, 4) is 0 Å². The van der Waals surface area contributed by atoms with Gasteiger partial charge in [-0.2, -0.15) is 13.8 Å². The summed E-state index contributed by atoms with van der Waals surface area (Å²) in [5.41, 5.74) is -1.83. The summed E-state index contributed by atoms with van der Waals surface area (Å²) < 4.78 is 73.9. The van der Waals surface area contributed by atoms with Crippen LogP contribution in [0.25, 0.3) is 0 Å². The van der Waals surface area contributed by atoms with E-state index in [1.807, 2.05) is 0 Å². The molecule has 8 rings (SSSR count). The normalized spacial score (nSPS) is 34.7. The molecule has 4 bridgehead atoms. The Kier molecular flexibility index (Phi) is 4.97. The fourth-order valence-corrected chi connectivity index (χ4v) is 7.23. The Hall–Kier alpha value is -2.52. The summed E-state index contributed by atoms with van der Waals surface area (Å²) in [6.45, 7) is 1.06. The standard InChI is InChI=1S/C26H28F5N3O2/c1-22(29,30)21-32-20(33-36-21)25-7-4-23(5-8-25,6-9-25)15-34(16-2-3-17(27)18(28)10-16)19(35)11-24-12-26(31,13-24)14-24/h2-3,10H,4-9,11-15H2,1H3. The van der Waals surface area contributed by atoms with E-state index in [4.69, 9.17) is 4.52 Å². The predicted molar refractivity (Wildman–Crippen MR) is 119 cm³/mol. The Labute approximate surface area is 205 Å². The third-order valence-electron chi connectivity index (χ3n) is 9.29. The maximum atomic E-state index is 14.1. The number of halogens is 5. The van der Waals surface area contributed by atoms with Gasteiger partial charge in [-0.3, -0.25) is 4.79 Å². The van der Waals surface area contributed by atoms with Crippen molar-refractivity contribution >= 4 is 11.6 Å². The molecule has 36 heavy (non-hydrogen) atoms. The second-order valence-electron chi connectivity index (χ2n) is 12.0. The van der Waals surface area contributed by atoms with Crippen molar-refractivity contribution in [1.29, 1.82) is 0 Å². The molecule has 6 fully saturated rings. The minimum atomic E-state index is -3.21. The van der Waals surface area contributed by atoms with Crippen LogP contribution in [0.2, 0.25) is 0 Å². The minimum Gasteiger partial charge on any atom is -0.333 e. The van der Waals surface area contributed by atoms with E-state index in [9.17, 15) is 26.7 Å². The topological polar surface area (TPSA) is 59.2 Å². The van der Waals surface area contributed by atoms with Gasteiger partial charge in [-0.25, -0.2) is 13.2 Å². The van der Waals surface area contributed by atoms with Gasteiger partial charge in [-0.1, -0.05) is 5.16 Å². The van der Waals surface area contributed by atoms with Gasteiger partial charge in [0.1, 0.15) is 5.67 Å². The van der Waals surface area contributed by atoms with Crippen molar-refractivity contribution in [3.63, 3.8) is 0 Å². The van der Waals surface area contributed by atoms with Gasteiger partial charge < -0.3 is 9.42 Å². The van der Waals surface area contributed by atoms with Crippen LogP contribution in [-0.4, -0.2) is 28.3 Å². The maximum absolute atomic E-state index is 14.1. The van der Waals surface area contributed by atoms with Crippen LogP contribution in [0.3, 0.4) is 0 Å². The molecule has 1 aromatic carbocycles. The lowest BCUT2D eigenvalue weighted by Gasteiger charge is -2.66. The zero-order valence-electron chi connectivity index (χ0n) is 20.1. The molecular formula is C26H28F5N3O2. The number of aromatic nitrogens is 2. The van der Waals surface area contributed by atoms with Crippen LogP contribution < -0.4 is 4.90 Å². The summed E-state index contributed by atoms with van der Waals surface area (Å²) in [6.07, 6.45) is 5.47. The number of hydrogen-bond acceptors (Lipinski definition) is 4. The molecule has 0 aliphatic heterocycles. The number of nitrogens with zero attached hydrogens (tertiary/aromatic N) is 3. The summed E-state index contributed by atoms with van der Waals surface area (Å²) in [7, 11) is 0. The number of carbonyl (C=O) groups is 1. The monoisotopic (exact) mass is 509 g/mol. The van der Waals surface area contributed by atoms with Gasteiger partial charge in [0.15, 0.2) is 17.5 Å². The molecule has 6 saturated carbocycles. The molecule has 0 saturated heterocycles. The van der Waals surface area contributed by atoms with E-state index >= 15 is 0 Å². The highest BCUT2D eigenvalue weighted by Crippen LogP contribution is 2.71. The van der Waals surface area contributed by atoms with Gasteiger partial charge in [-0.05, 0) is 80.8 Å². The molecule has 194 valence electrons. The van der Waals surface area contributed by atoms with E-state index < -0.39 is 34.5 Å². The third kappa shape index (κ3) is 3.74. The Bertz CT molecular complexity index is 1180. The summed E-state index contributed by atoms with van der Waals surface area (Å²) in [5.74, 6) is -5.80. The number of benzene rings is 1. The average molecular weight is 510 g/mol. The average Bonchev–Trinajstić information content (AvgIpc) is 3.31. The van der Waals surface area contributed by atoms with E-state index in [2.05, 4.69) is 10.1 Å². The lowest BCUT2D eigenvalue weighted by molar-refractivity contribution is -0.215. The van der Waals surface area contributed by atoms with Crippen molar-refractivity contribution in [1.82, 2.24) is 10.1 Å². The first-order valence-corrected chi connectivity index (χ1v) is 12.5. The van der Waals surface area contributed by atoms with Gasteiger partial charge in [0.2, 0.25) is 5.91 Å². The van der Waals surface area contributed by atoms with Gasteiger partial charge in [0.05, 0.1) is 0 Å². The minimum absolute atomic E-state index is 0.189. The van der Waals surface area contributed by atoms with Crippen LogP contribution in [-0.2, 0) is 16.1 Å². The van der Waals surface area contributed by atoms with Crippen LogP contribution in [0.4, 0.5) is 27.6 Å². The van der Waals surface area contributed by atoms with E-state index in [0.29, 0.717) is 75.8 Å². The van der Waals surface area contributed by atoms with E-state index in [1.54, 1.807) is 4.90 Å². The highest BCUT2D eigenvalue weighted by molar-refractivity contribution is 5.94. The van der Waals surface area contributed by atoms with Crippen molar-refractivity contribution in [2.75, 3.05) is 11.4 Å². The molecule has 1 aromatic heterocycles.